The van der Waals surface area contributed by atoms with Gasteiger partial charge in [-0.15, -0.1) is 0 Å². The fourth-order valence-corrected chi connectivity index (χ4v) is 3.44. The van der Waals surface area contributed by atoms with E-state index in [4.69, 9.17) is 14.5 Å². The Bertz CT molecular complexity index is 749. The number of benzene rings is 2. The van der Waals surface area contributed by atoms with Gasteiger partial charge in [0.15, 0.2) is 5.96 Å². The topological polar surface area (TPSA) is 46.1 Å². The quantitative estimate of drug-likeness (QED) is 0.559. The smallest absolute Gasteiger partial charge is 0.194 e. The Morgan fingerprint density at radius 2 is 1.96 bits per heavy atom. The lowest BCUT2D eigenvalue weighted by Gasteiger charge is -2.21. The summed E-state index contributed by atoms with van der Waals surface area (Å²) in [6, 6.07) is 18.4. The normalized spacial score (nSPS) is 17.0. The zero-order valence-electron chi connectivity index (χ0n) is 16.9. The van der Waals surface area contributed by atoms with Crippen LogP contribution in [0, 0.1) is 5.92 Å². The highest BCUT2D eigenvalue weighted by molar-refractivity contribution is 5.80. The lowest BCUT2D eigenvalue weighted by atomic mass is 10.1. The summed E-state index contributed by atoms with van der Waals surface area (Å²) in [5.74, 6) is 2.40. The lowest BCUT2D eigenvalue weighted by molar-refractivity contribution is 0.0906. The molecule has 2 aromatic rings. The first-order valence-electron chi connectivity index (χ1n) is 10.1. The first-order chi connectivity index (χ1) is 13.8. The van der Waals surface area contributed by atoms with Crippen LogP contribution in [0.3, 0.4) is 0 Å². The number of likely N-dealkylation sites (tertiary alicyclic amines) is 1. The maximum atomic E-state index is 5.95. The van der Waals surface area contributed by atoms with Crippen molar-refractivity contribution in [3.05, 3.63) is 65.7 Å². The number of nitrogens with zero attached hydrogens (tertiary/aromatic N) is 2. The molecule has 28 heavy (non-hydrogen) atoms. The zero-order chi connectivity index (χ0) is 19.6. The van der Waals surface area contributed by atoms with Gasteiger partial charge in [-0.2, -0.15) is 0 Å². The van der Waals surface area contributed by atoms with Crippen molar-refractivity contribution in [1.29, 1.82) is 0 Å². The van der Waals surface area contributed by atoms with Crippen LogP contribution in [-0.4, -0.2) is 44.2 Å². The van der Waals surface area contributed by atoms with Crippen LogP contribution in [0.1, 0.15) is 24.5 Å². The van der Waals surface area contributed by atoms with Gasteiger partial charge in [0.2, 0.25) is 0 Å². The van der Waals surface area contributed by atoms with Crippen molar-refractivity contribution in [2.24, 2.45) is 10.9 Å². The Kier molecular flexibility index (Phi) is 7.73. The number of nitrogens with one attached hydrogen (secondary N) is 1. The summed E-state index contributed by atoms with van der Waals surface area (Å²) in [7, 11) is 1.69. The molecule has 1 fully saturated rings. The zero-order valence-corrected chi connectivity index (χ0v) is 16.9. The molecule has 1 aliphatic rings. The molecule has 5 nitrogen and oxygen atoms in total. The van der Waals surface area contributed by atoms with E-state index in [0.29, 0.717) is 19.1 Å². The Balaban J connectivity index is 1.51. The molecule has 2 aromatic carbocycles. The van der Waals surface area contributed by atoms with Gasteiger partial charge in [0.1, 0.15) is 5.75 Å². The minimum atomic E-state index is 0.546. The van der Waals surface area contributed by atoms with Gasteiger partial charge in [0, 0.05) is 25.6 Å². The van der Waals surface area contributed by atoms with Crippen LogP contribution in [0.2, 0.25) is 0 Å². The largest absolute Gasteiger partial charge is 0.497 e. The van der Waals surface area contributed by atoms with Crippen molar-refractivity contribution in [3.8, 4) is 5.75 Å². The number of aliphatic imine (C=N–C) groups is 1. The van der Waals surface area contributed by atoms with Crippen LogP contribution in [-0.2, 0) is 17.9 Å². The van der Waals surface area contributed by atoms with E-state index in [1.54, 1.807) is 7.11 Å². The molecule has 0 aliphatic carbocycles. The molecular formula is C23H31N3O2. The molecular weight excluding hydrogens is 350 g/mol. The molecule has 1 heterocycles. The maximum Gasteiger partial charge on any atom is 0.194 e. The Morgan fingerprint density at radius 1 is 1.14 bits per heavy atom. The number of hydrogen-bond donors (Lipinski definition) is 1. The lowest BCUT2D eigenvalue weighted by Crippen LogP contribution is -2.40. The van der Waals surface area contributed by atoms with E-state index in [2.05, 4.69) is 47.5 Å². The summed E-state index contributed by atoms with van der Waals surface area (Å²) in [6.45, 7) is 7.09. The highest BCUT2D eigenvalue weighted by Gasteiger charge is 2.25. The number of rotatable bonds is 8. The molecule has 5 heteroatoms. The van der Waals surface area contributed by atoms with Gasteiger partial charge in [-0.25, -0.2) is 4.99 Å². The fourth-order valence-electron chi connectivity index (χ4n) is 3.44. The van der Waals surface area contributed by atoms with E-state index < -0.39 is 0 Å². The first-order valence-corrected chi connectivity index (χ1v) is 10.1. The van der Waals surface area contributed by atoms with Gasteiger partial charge in [-0.1, -0.05) is 42.5 Å². The molecule has 1 N–H and O–H groups in total. The van der Waals surface area contributed by atoms with E-state index in [0.717, 1.165) is 49.9 Å². The maximum absolute atomic E-state index is 5.95. The van der Waals surface area contributed by atoms with Crippen molar-refractivity contribution in [2.45, 2.75) is 26.5 Å². The number of ether oxygens (including phenoxy) is 2. The van der Waals surface area contributed by atoms with Crippen molar-refractivity contribution in [2.75, 3.05) is 33.4 Å². The molecule has 0 bridgehead atoms. The average Bonchev–Trinajstić information content (AvgIpc) is 3.21. The molecule has 1 unspecified atom stereocenters. The summed E-state index contributed by atoms with van der Waals surface area (Å²) >= 11 is 0. The fraction of sp³-hybridized carbons (Fsp3) is 0.435. The van der Waals surface area contributed by atoms with E-state index in [1.165, 1.54) is 5.56 Å². The van der Waals surface area contributed by atoms with E-state index in [-0.39, 0.29) is 0 Å². The SMILES string of the molecule is CCNC(=NCc1cccc(OC)c1)N1CCC(COCc2ccccc2)C1. The summed E-state index contributed by atoms with van der Waals surface area (Å²) in [4.78, 5) is 7.19. The predicted octanol–water partition coefficient (Wildman–Crippen LogP) is 3.70. The number of methoxy groups -OCH3 is 1. The van der Waals surface area contributed by atoms with Gasteiger partial charge in [-0.3, -0.25) is 0 Å². The van der Waals surface area contributed by atoms with Crippen LogP contribution < -0.4 is 10.1 Å². The highest BCUT2D eigenvalue weighted by Crippen LogP contribution is 2.18. The Hall–Kier alpha value is -2.53. The molecule has 0 amide bonds. The predicted molar refractivity (Wildman–Crippen MR) is 114 cm³/mol. The summed E-state index contributed by atoms with van der Waals surface area (Å²) in [5, 5.41) is 3.43. The molecule has 3 rings (SSSR count). The molecule has 0 radical (unpaired) electrons. The highest BCUT2D eigenvalue weighted by atomic mass is 16.5. The molecule has 0 spiro atoms. The van der Waals surface area contributed by atoms with E-state index >= 15 is 0 Å². The summed E-state index contributed by atoms with van der Waals surface area (Å²) in [6.07, 6.45) is 1.14. The molecule has 1 aliphatic heterocycles. The minimum absolute atomic E-state index is 0.546. The van der Waals surface area contributed by atoms with Crippen molar-refractivity contribution >= 4 is 5.96 Å². The van der Waals surface area contributed by atoms with E-state index in [1.807, 2.05) is 24.3 Å². The van der Waals surface area contributed by atoms with Gasteiger partial charge in [0.05, 0.1) is 26.9 Å². The third kappa shape index (κ3) is 5.99. The summed E-state index contributed by atoms with van der Waals surface area (Å²) in [5.41, 5.74) is 2.38. The van der Waals surface area contributed by atoms with Crippen LogP contribution in [0.5, 0.6) is 5.75 Å². The third-order valence-corrected chi connectivity index (χ3v) is 4.93. The van der Waals surface area contributed by atoms with Gasteiger partial charge >= 0.3 is 0 Å². The molecule has 0 aromatic heterocycles. The molecule has 1 atom stereocenters. The van der Waals surface area contributed by atoms with Gasteiger partial charge in [0.25, 0.3) is 0 Å². The van der Waals surface area contributed by atoms with Crippen LogP contribution in [0.4, 0.5) is 0 Å². The van der Waals surface area contributed by atoms with Crippen LogP contribution in [0.25, 0.3) is 0 Å². The second-order valence-corrected chi connectivity index (χ2v) is 7.12. The number of hydrogen-bond acceptors (Lipinski definition) is 3. The van der Waals surface area contributed by atoms with Crippen LogP contribution >= 0.6 is 0 Å². The van der Waals surface area contributed by atoms with E-state index in [9.17, 15) is 0 Å². The molecule has 1 saturated heterocycles. The first kappa shape index (κ1) is 20.2. The second kappa shape index (κ2) is 10.7. The van der Waals surface area contributed by atoms with Crippen LogP contribution in [0.15, 0.2) is 59.6 Å². The Morgan fingerprint density at radius 3 is 2.75 bits per heavy atom. The molecule has 0 saturated carbocycles. The van der Waals surface area contributed by atoms with Gasteiger partial charge < -0.3 is 19.7 Å². The average molecular weight is 382 g/mol. The van der Waals surface area contributed by atoms with Crippen molar-refractivity contribution in [1.82, 2.24) is 10.2 Å². The Labute approximate surface area is 168 Å². The van der Waals surface area contributed by atoms with Crippen molar-refractivity contribution in [3.63, 3.8) is 0 Å². The van der Waals surface area contributed by atoms with Crippen molar-refractivity contribution < 1.29 is 9.47 Å². The summed E-state index contributed by atoms with van der Waals surface area (Å²) < 4.78 is 11.2. The molecule has 150 valence electrons. The third-order valence-electron chi connectivity index (χ3n) is 4.93. The standard InChI is InChI=1S/C23H31N3O2/c1-3-24-23(25-15-20-10-7-11-22(14-20)27-2)26-13-12-21(16-26)18-28-17-19-8-5-4-6-9-19/h4-11,14,21H,3,12-13,15-18H2,1-2H3,(H,24,25). The minimum Gasteiger partial charge on any atom is -0.497 e. The second-order valence-electron chi connectivity index (χ2n) is 7.12. The monoisotopic (exact) mass is 381 g/mol. The van der Waals surface area contributed by atoms with Gasteiger partial charge in [-0.05, 0) is 36.6 Å². The number of guanidine groups is 1.